The topological polar surface area (TPSA) is 74.6 Å². The molecular weight excluding hydrogens is 184 g/mol. The van der Waals surface area contributed by atoms with Gasteiger partial charge in [-0.2, -0.15) is 0 Å². The Hall–Kier alpha value is -1.06. The van der Waals surface area contributed by atoms with Gasteiger partial charge in [0.25, 0.3) is 0 Å². The summed E-state index contributed by atoms with van der Waals surface area (Å²) in [5, 5.41) is 18.1. The molecular formula is C10H14O4. The Balaban J connectivity index is 2.26. The monoisotopic (exact) mass is 198 g/mol. The van der Waals surface area contributed by atoms with E-state index in [4.69, 9.17) is 10.2 Å². The molecule has 2 aliphatic carbocycles. The van der Waals surface area contributed by atoms with Crippen LogP contribution >= 0.6 is 0 Å². The van der Waals surface area contributed by atoms with Crippen LogP contribution in [0.1, 0.15) is 38.5 Å². The van der Waals surface area contributed by atoms with Gasteiger partial charge in [-0.15, -0.1) is 0 Å². The molecule has 1 spiro atoms. The van der Waals surface area contributed by atoms with E-state index in [-0.39, 0.29) is 5.41 Å². The minimum atomic E-state index is -1.49. The second kappa shape index (κ2) is 2.72. The lowest BCUT2D eigenvalue weighted by molar-refractivity contribution is -0.169. The molecule has 0 aromatic rings. The van der Waals surface area contributed by atoms with Crippen LogP contribution in [0.5, 0.6) is 0 Å². The number of carbonyl (C=O) groups is 2. The second-order valence-electron chi connectivity index (χ2n) is 4.72. The van der Waals surface area contributed by atoms with E-state index in [0.29, 0.717) is 12.8 Å². The zero-order valence-corrected chi connectivity index (χ0v) is 7.95. The summed E-state index contributed by atoms with van der Waals surface area (Å²) in [5.74, 6) is -2.31. The SMILES string of the molecule is O=C(O)C1(C(=O)O)CCCC2(CC2)C1. The summed E-state index contributed by atoms with van der Waals surface area (Å²) in [6.07, 6.45) is 4.39. The predicted molar refractivity (Wildman–Crippen MR) is 47.8 cm³/mol. The Labute approximate surface area is 81.9 Å². The zero-order valence-electron chi connectivity index (χ0n) is 7.95. The summed E-state index contributed by atoms with van der Waals surface area (Å²) in [5.41, 5.74) is -1.43. The fourth-order valence-electron chi connectivity index (χ4n) is 2.64. The summed E-state index contributed by atoms with van der Waals surface area (Å²) in [4.78, 5) is 22.1. The molecule has 2 rings (SSSR count). The molecule has 0 aliphatic heterocycles. The van der Waals surface area contributed by atoms with Crippen molar-refractivity contribution in [3.8, 4) is 0 Å². The minimum absolute atomic E-state index is 0.0645. The lowest BCUT2D eigenvalue weighted by Crippen LogP contribution is -2.43. The molecule has 0 bridgehead atoms. The first-order chi connectivity index (χ1) is 6.51. The minimum Gasteiger partial charge on any atom is -0.480 e. The summed E-state index contributed by atoms with van der Waals surface area (Å²) in [6.45, 7) is 0. The summed E-state index contributed by atoms with van der Waals surface area (Å²) in [6, 6.07) is 0. The molecule has 2 N–H and O–H groups in total. The van der Waals surface area contributed by atoms with E-state index in [1.165, 1.54) is 0 Å². The molecule has 2 saturated carbocycles. The summed E-state index contributed by atoms with van der Waals surface area (Å²) in [7, 11) is 0. The van der Waals surface area contributed by atoms with Crippen LogP contribution in [0.4, 0.5) is 0 Å². The lowest BCUT2D eigenvalue weighted by atomic mass is 9.68. The first-order valence-corrected chi connectivity index (χ1v) is 4.98. The molecule has 4 nitrogen and oxygen atoms in total. The molecule has 0 saturated heterocycles. The van der Waals surface area contributed by atoms with E-state index in [1.54, 1.807) is 0 Å². The number of rotatable bonds is 2. The van der Waals surface area contributed by atoms with Crippen molar-refractivity contribution in [2.24, 2.45) is 10.8 Å². The van der Waals surface area contributed by atoms with Gasteiger partial charge in [-0.25, -0.2) is 0 Å². The smallest absolute Gasteiger partial charge is 0.321 e. The van der Waals surface area contributed by atoms with Crippen LogP contribution in [0, 0.1) is 10.8 Å². The number of hydrogen-bond acceptors (Lipinski definition) is 2. The number of carboxylic acid groups (broad SMARTS) is 2. The highest BCUT2D eigenvalue weighted by atomic mass is 16.4. The molecule has 0 aromatic heterocycles. The van der Waals surface area contributed by atoms with E-state index in [0.717, 1.165) is 25.7 Å². The van der Waals surface area contributed by atoms with Crippen molar-refractivity contribution in [2.45, 2.75) is 38.5 Å². The molecule has 4 heteroatoms. The lowest BCUT2D eigenvalue weighted by Gasteiger charge is -2.34. The molecule has 0 aromatic carbocycles. The molecule has 2 fully saturated rings. The molecule has 2 aliphatic rings. The molecule has 0 radical (unpaired) electrons. The number of aliphatic carboxylic acids is 2. The van der Waals surface area contributed by atoms with E-state index < -0.39 is 17.4 Å². The van der Waals surface area contributed by atoms with Gasteiger partial charge in [0.05, 0.1) is 0 Å². The third-order valence-electron chi connectivity index (χ3n) is 3.76. The van der Waals surface area contributed by atoms with Gasteiger partial charge < -0.3 is 10.2 Å². The van der Waals surface area contributed by atoms with Crippen LogP contribution < -0.4 is 0 Å². The van der Waals surface area contributed by atoms with Gasteiger partial charge in [0, 0.05) is 0 Å². The predicted octanol–water partition coefficient (Wildman–Crippen LogP) is 1.50. The maximum atomic E-state index is 11.1. The van der Waals surface area contributed by atoms with Crippen LogP contribution in [-0.4, -0.2) is 22.2 Å². The van der Waals surface area contributed by atoms with Crippen molar-refractivity contribution < 1.29 is 19.8 Å². The Morgan fingerprint density at radius 2 is 1.50 bits per heavy atom. The summed E-state index contributed by atoms with van der Waals surface area (Å²) < 4.78 is 0. The summed E-state index contributed by atoms with van der Waals surface area (Å²) >= 11 is 0. The van der Waals surface area contributed by atoms with Gasteiger partial charge in [-0.3, -0.25) is 9.59 Å². The maximum Gasteiger partial charge on any atom is 0.321 e. The van der Waals surface area contributed by atoms with Crippen molar-refractivity contribution in [1.82, 2.24) is 0 Å². The van der Waals surface area contributed by atoms with Gasteiger partial charge in [-0.1, -0.05) is 6.42 Å². The van der Waals surface area contributed by atoms with E-state index in [9.17, 15) is 9.59 Å². The maximum absolute atomic E-state index is 11.1. The van der Waals surface area contributed by atoms with E-state index in [1.807, 2.05) is 0 Å². The second-order valence-corrected chi connectivity index (χ2v) is 4.72. The van der Waals surface area contributed by atoms with Gasteiger partial charge in [0.15, 0.2) is 5.41 Å². The first-order valence-electron chi connectivity index (χ1n) is 4.98. The Morgan fingerprint density at radius 1 is 0.929 bits per heavy atom. The van der Waals surface area contributed by atoms with Crippen molar-refractivity contribution in [3.63, 3.8) is 0 Å². The highest BCUT2D eigenvalue weighted by Crippen LogP contribution is 2.61. The van der Waals surface area contributed by atoms with E-state index >= 15 is 0 Å². The highest BCUT2D eigenvalue weighted by Gasteiger charge is 2.58. The number of carboxylic acids is 2. The molecule has 0 heterocycles. The van der Waals surface area contributed by atoms with Gasteiger partial charge in [0.2, 0.25) is 0 Å². The molecule has 0 amide bonds. The average Bonchev–Trinajstić information content (AvgIpc) is 2.84. The van der Waals surface area contributed by atoms with Crippen molar-refractivity contribution in [3.05, 3.63) is 0 Å². The molecule has 14 heavy (non-hydrogen) atoms. The first kappa shape index (κ1) is 9.49. The third-order valence-corrected chi connectivity index (χ3v) is 3.76. The largest absolute Gasteiger partial charge is 0.480 e. The molecule has 78 valence electrons. The Morgan fingerprint density at radius 3 is 1.93 bits per heavy atom. The van der Waals surface area contributed by atoms with Crippen molar-refractivity contribution in [1.29, 1.82) is 0 Å². The van der Waals surface area contributed by atoms with Crippen LogP contribution in [0.2, 0.25) is 0 Å². The zero-order chi connectivity index (χ0) is 10.4. The van der Waals surface area contributed by atoms with Crippen molar-refractivity contribution >= 4 is 11.9 Å². The standard InChI is InChI=1S/C10H14O4/c11-7(12)10(8(13)14)3-1-2-9(6-10)4-5-9/h1-6H2,(H,11,12)(H,13,14). The fourth-order valence-corrected chi connectivity index (χ4v) is 2.64. The fraction of sp³-hybridized carbons (Fsp3) is 0.800. The number of hydrogen-bond donors (Lipinski definition) is 2. The van der Waals surface area contributed by atoms with Gasteiger partial charge >= 0.3 is 11.9 Å². The highest BCUT2D eigenvalue weighted by molar-refractivity contribution is 5.98. The molecule has 0 atom stereocenters. The third kappa shape index (κ3) is 1.21. The quantitative estimate of drug-likeness (QED) is 0.659. The van der Waals surface area contributed by atoms with Crippen LogP contribution in [-0.2, 0) is 9.59 Å². The molecule has 0 unspecified atom stereocenters. The Kier molecular flexibility index (Phi) is 1.84. The van der Waals surface area contributed by atoms with Crippen LogP contribution in [0.15, 0.2) is 0 Å². The van der Waals surface area contributed by atoms with Crippen LogP contribution in [0.3, 0.4) is 0 Å². The van der Waals surface area contributed by atoms with Gasteiger partial charge in [-0.05, 0) is 37.5 Å². The Bertz CT molecular complexity index is 276. The van der Waals surface area contributed by atoms with Crippen molar-refractivity contribution in [2.75, 3.05) is 0 Å². The van der Waals surface area contributed by atoms with Crippen LogP contribution in [0.25, 0.3) is 0 Å². The van der Waals surface area contributed by atoms with Gasteiger partial charge in [0.1, 0.15) is 0 Å². The van der Waals surface area contributed by atoms with E-state index in [2.05, 4.69) is 0 Å². The normalized spacial score (nSPS) is 27.1. The average molecular weight is 198 g/mol.